The molecule has 1 saturated heterocycles. The third kappa shape index (κ3) is 2.65. The third-order valence-electron chi connectivity index (χ3n) is 3.88. The second-order valence-electron chi connectivity index (χ2n) is 5.69. The molecule has 0 amide bonds. The molecule has 2 aliphatic rings. The summed E-state index contributed by atoms with van der Waals surface area (Å²) in [4.78, 5) is 0. The van der Waals surface area contributed by atoms with E-state index in [1.165, 1.54) is 24.9 Å². The molecule has 18 heavy (non-hydrogen) atoms. The van der Waals surface area contributed by atoms with Gasteiger partial charge < -0.3 is 10.1 Å². The van der Waals surface area contributed by atoms with Gasteiger partial charge in [-0.3, -0.25) is 0 Å². The molecule has 1 aromatic rings. The van der Waals surface area contributed by atoms with E-state index in [-0.39, 0.29) is 18.5 Å². The minimum Gasteiger partial charge on any atom is -0.491 e. The van der Waals surface area contributed by atoms with Crippen molar-refractivity contribution < 1.29 is 4.74 Å². The SMILES string of the molecule is CC(C)Oc1ccc2c(c1)CC1CNCC2C1.Cl. The monoisotopic (exact) mass is 267 g/mol. The average molecular weight is 268 g/mol. The smallest absolute Gasteiger partial charge is 0.119 e. The molecule has 0 spiro atoms. The highest BCUT2D eigenvalue weighted by molar-refractivity contribution is 5.85. The van der Waals surface area contributed by atoms with Gasteiger partial charge in [-0.1, -0.05) is 6.07 Å². The van der Waals surface area contributed by atoms with E-state index in [4.69, 9.17) is 4.74 Å². The fraction of sp³-hybridized carbons (Fsp3) is 0.600. The molecule has 1 aromatic carbocycles. The summed E-state index contributed by atoms with van der Waals surface area (Å²) in [6.07, 6.45) is 2.84. The van der Waals surface area contributed by atoms with E-state index >= 15 is 0 Å². The second-order valence-corrected chi connectivity index (χ2v) is 5.69. The molecular formula is C15H22ClNO. The lowest BCUT2D eigenvalue weighted by Crippen LogP contribution is -2.39. The first-order chi connectivity index (χ1) is 8.22. The van der Waals surface area contributed by atoms with E-state index in [1.54, 1.807) is 5.56 Å². The molecule has 1 fully saturated rings. The zero-order valence-electron chi connectivity index (χ0n) is 11.1. The van der Waals surface area contributed by atoms with Crippen LogP contribution in [0.25, 0.3) is 0 Å². The number of nitrogens with one attached hydrogen (secondary N) is 1. The Morgan fingerprint density at radius 2 is 2.11 bits per heavy atom. The van der Waals surface area contributed by atoms with Gasteiger partial charge in [0.25, 0.3) is 0 Å². The van der Waals surface area contributed by atoms with Gasteiger partial charge in [0.05, 0.1) is 6.10 Å². The highest BCUT2D eigenvalue weighted by atomic mass is 35.5. The Bertz CT molecular complexity index is 419. The Balaban J connectivity index is 0.00000120. The van der Waals surface area contributed by atoms with Crippen LogP contribution in [0.2, 0.25) is 0 Å². The van der Waals surface area contributed by atoms with Crippen LogP contribution in [0, 0.1) is 5.92 Å². The molecule has 1 aliphatic carbocycles. The Labute approximate surface area is 116 Å². The fourth-order valence-corrected chi connectivity index (χ4v) is 3.24. The van der Waals surface area contributed by atoms with Gasteiger partial charge in [0.2, 0.25) is 0 Å². The van der Waals surface area contributed by atoms with Crippen molar-refractivity contribution in [3.63, 3.8) is 0 Å². The first-order valence-electron chi connectivity index (χ1n) is 6.72. The predicted molar refractivity (Wildman–Crippen MR) is 76.9 cm³/mol. The molecule has 0 radical (unpaired) electrons. The molecule has 2 nitrogen and oxygen atoms in total. The molecule has 2 atom stereocenters. The van der Waals surface area contributed by atoms with Gasteiger partial charge in [-0.2, -0.15) is 0 Å². The summed E-state index contributed by atoms with van der Waals surface area (Å²) in [5.74, 6) is 2.59. The van der Waals surface area contributed by atoms with Crippen molar-refractivity contribution in [2.24, 2.45) is 5.92 Å². The maximum absolute atomic E-state index is 5.79. The summed E-state index contributed by atoms with van der Waals surface area (Å²) in [7, 11) is 0. The van der Waals surface area contributed by atoms with Crippen molar-refractivity contribution in [2.75, 3.05) is 13.1 Å². The summed E-state index contributed by atoms with van der Waals surface area (Å²) in [5.41, 5.74) is 3.07. The first kappa shape index (κ1) is 13.7. The van der Waals surface area contributed by atoms with Gasteiger partial charge >= 0.3 is 0 Å². The standard InChI is InChI=1S/C15H21NO.ClH/c1-10(2)17-14-3-4-15-12(7-14)5-11-6-13(15)9-16-8-11;/h3-4,7,10-11,13,16H,5-6,8-9H2,1-2H3;1H. The van der Waals surface area contributed by atoms with Gasteiger partial charge in [0.15, 0.2) is 0 Å². The van der Waals surface area contributed by atoms with E-state index in [2.05, 4.69) is 37.4 Å². The van der Waals surface area contributed by atoms with E-state index in [1.807, 2.05) is 0 Å². The number of ether oxygens (including phenoxy) is 1. The van der Waals surface area contributed by atoms with Crippen LogP contribution in [0.1, 0.15) is 37.3 Å². The Hall–Kier alpha value is -0.730. The van der Waals surface area contributed by atoms with Crippen molar-refractivity contribution in [1.29, 1.82) is 0 Å². The lowest BCUT2D eigenvalue weighted by Gasteiger charge is -2.37. The number of hydrogen-bond donors (Lipinski definition) is 1. The van der Waals surface area contributed by atoms with Crippen LogP contribution in [0.4, 0.5) is 0 Å². The van der Waals surface area contributed by atoms with Crippen molar-refractivity contribution >= 4 is 12.4 Å². The van der Waals surface area contributed by atoms with Crippen LogP contribution in [-0.2, 0) is 6.42 Å². The quantitative estimate of drug-likeness (QED) is 0.889. The summed E-state index contributed by atoms with van der Waals surface area (Å²) in [5, 5.41) is 3.54. The summed E-state index contributed by atoms with van der Waals surface area (Å²) >= 11 is 0. The molecule has 0 aromatic heterocycles. The number of piperidine rings is 1. The van der Waals surface area contributed by atoms with Gasteiger partial charge in [0.1, 0.15) is 5.75 Å². The molecule has 1 aliphatic heterocycles. The molecule has 1 heterocycles. The summed E-state index contributed by atoms with van der Waals surface area (Å²) in [6.45, 7) is 6.50. The van der Waals surface area contributed by atoms with Crippen LogP contribution >= 0.6 is 12.4 Å². The molecule has 2 bridgehead atoms. The van der Waals surface area contributed by atoms with Crippen molar-refractivity contribution in [2.45, 2.75) is 38.7 Å². The highest BCUT2D eigenvalue weighted by Gasteiger charge is 2.30. The van der Waals surface area contributed by atoms with Crippen molar-refractivity contribution in [3.8, 4) is 5.75 Å². The van der Waals surface area contributed by atoms with Crippen molar-refractivity contribution in [3.05, 3.63) is 29.3 Å². The zero-order valence-corrected chi connectivity index (χ0v) is 11.9. The Morgan fingerprint density at radius 3 is 2.89 bits per heavy atom. The van der Waals surface area contributed by atoms with Crippen LogP contribution < -0.4 is 10.1 Å². The second kappa shape index (κ2) is 5.50. The normalized spacial score (nSPS) is 25.3. The molecule has 100 valence electrons. The number of benzene rings is 1. The van der Waals surface area contributed by atoms with E-state index < -0.39 is 0 Å². The first-order valence-corrected chi connectivity index (χ1v) is 6.72. The lowest BCUT2D eigenvalue weighted by atomic mass is 9.74. The predicted octanol–water partition coefficient (Wildman–Crippen LogP) is 3.14. The Kier molecular flexibility index (Phi) is 4.18. The number of halogens is 1. The number of fused-ring (bicyclic) bond motifs is 4. The highest BCUT2D eigenvalue weighted by Crippen LogP contribution is 2.38. The largest absolute Gasteiger partial charge is 0.491 e. The van der Waals surface area contributed by atoms with E-state index in [0.717, 1.165) is 24.1 Å². The van der Waals surface area contributed by atoms with Gasteiger partial charge in [0, 0.05) is 6.54 Å². The van der Waals surface area contributed by atoms with E-state index in [9.17, 15) is 0 Å². The molecule has 3 rings (SSSR count). The number of rotatable bonds is 2. The molecule has 3 heteroatoms. The van der Waals surface area contributed by atoms with Crippen LogP contribution in [0.5, 0.6) is 5.75 Å². The maximum atomic E-state index is 5.79. The average Bonchev–Trinajstić information content (AvgIpc) is 2.28. The molecular weight excluding hydrogens is 246 g/mol. The molecule has 2 unspecified atom stereocenters. The molecule has 0 saturated carbocycles. The minimum absolute atomic E-state index is 0. The summed E-state index contributed by atoms with van der Waals surface area (Å²) in [6, 6.07) is 6.68. The number of hydrogen-bond acceptors (Lipinski definition) is 2. The van der Waals surface area contributed by atoms with Gasteiger partial charge in [-0.15, -0.1) is 12.4 Å². The minimum atomic E-state index is 0. The fourth-order valence-electron chi connectivity index (χ4n) is 3.24. The van der Waals surface area contributed by atoms with Crippen LogP contribution in [0.15, 0.2) is 18.2 Å². The maximum Gasteiger partial charge on any atom is 0.119 e. The van der Waals surface area contributed by atoms with Gasteiger partial charge in [-0.25, -0.2) is 0 Å². The van der Waals surface area contributed by atoms with Crippen LogP contribution in [-0.4, -0.2) is 19.2 Å². The van der Waals surface area contributed by atoms with Gasteiger partial charge in [-0.05, 0) is 68.3 Å². The third-order valence-corrected chi connectivity index (χ3v) is 3.88. The Morgan fingerprint density at radius 1 is 1.28 bits per heavy atom. The summed E-state index contributed by atoms with van der Waals surface area (Å²) < 4.78 is 5.79. The molecule has 1 N–H and O–H groups in total. The zero-order chi connectivity index (χ0) is 11.8. The van der Waals surface area contributed by atoms with Crippen molar-refractivity contribution in [1.82, 2.24) is 5.32 Å². The topological polar surface area (TPSA) is 21.3 Å². The lowest BCUT2D eigenvalue weighted by molar-refractivity contribution is 0.241. The van der Waals surface area contributed by atoms with E-state index in [0.29, 0.717) is 0 Å². The van der Waals surface area contributed by atoms with Crippen LogP contribution in [0.3, 0.4) is 0 Å².